The first-order chi connectivity index (χ1) is 14.7. The van der Waals surface area contributed by atoms with Gasteiger partial charge < -0.3 is 14.2 Å². The van der Waals surface area contributed by atoms with Gasteiger partial charge in [-0.15, -0.1) is 0 Å². The summed E-state index contributed by atoms with van der Waals surface area (Å²) >= 11 is 0. The van der Waals surface area contributed by atoms with Gasteiger partial charge in [0.1, 0.15) is 5.75 Å². The van der Waals surface area contributed by atoms with Crippen molar-refractivity contribution in [1.29, 1.82) is 0 Å². The average molecular weight is 401 g/mol. The van der Waals surface area contributed by atoms with E-state index in [2.05, 4.69) is 13.0 Å². The molecule has 0 radical (unpaired) electrons. The van der Waals surface area contributed by atoms with Crippen LogP contribution in [0.4, 0.5) is 5.69 Å². The highest BCUT2D eigenvalue weighted by molar-refractivity contribution is 6.08. The van der Waals surface area contributed by atoms with E-state index in [-0.39, 0.29) is 24.7 Å². The zero-order valence-corrected chi connectivity index (χ0v) is 17.0. The maximum Gasteiger partial charge on any atom is 0.258 e. The van der Waals surface area contributed by atoms with Crippen molar-refractivity contribution in [1.82, 2.24) is 0 Å². The molecule has 152 valence electrons. The normalized spacial score (nSPS) is 18.9. The minimum Gasteiger partial charge on any atom is -0.494 e. The van der Waals surface area contributed by atoms with Crippen molar-refractivity contribution >= 4 is 11.6 Å². The first-order valence-electron chi connectivity index (χ1n) is 10.2. The topological polar surface area (TPSA) is 48.0 Å². The van der Waals surface area contributed by atoms with Crippen LogP contribution >= 0.6 is 0 Å². The van der Waals surface area contributed by atoms with E-state index in [4.69, 9.17) is 14.2 Å². The molecule has 0 aliphatic carbocycles. The second-order valence-electron chi connectivity index (χ2n) is 7.54. The molecule has 0 saturated heterocycles. The molecule has 2 aliphatic heterocycles. The second kappa shape index (κ2) is 7.41. The van der Waals surface area contributed by atoms with E-state index in [1.807, 2.05) is 72.5 Å². The molecule has 0 N–H and O–H groups in total. The van der Waals surface area contributed by atoms with Crippen LogP contribution in [0.15, 0.2) is 66.7 Å². The number of anilines is 1. The predicted molar refractivity (Wildman–Crippen MR) is 115 cm³/mol. The minimum absolute atomic E-state index is 0.0203. The molecular formula is C25H23NO4. The highest BCUT2D eigenvalue weighted by Crippen LogP contribution is 2.51. The van der Waals surface area contributed by atoms with Gasteiger partial charge in [0.2, 0.25) is 6.79 Å². The molecule has 1 amide bonds. The molecule has 2 aliphatic rings. The lowest BCUT2D eigenvalue weighted by atomic mass is 9.91. The molecule has 2 atom stereocenters. The summed E-state index contributed by atoms with van der Waals surface area (Å²) in [6.07, 6.45) is 0. The number of carbonyl (C=O) groups excluding carboxylic acids is 1. The van der Waals surface area contributed by atoms with Crippen LogP contribution in [0.5, 0.6) is 17.2 Å². The van der Waals surface area contributed by atoms with Crippen molar-refractivity contribution < 1.29 is 19.0 Å². The van der Waals surface area contributed by atoms with Crippen molar-refractivity contribution in [3.8, 4) is 17.2 Å². The summed E-state index contributed by atoms with van der Waals surface area (Å²) < 4.78 is 16.8. The summed E-state index contributed by atoms with van der Waals surface area (Å²) in [6, 6.07) is 21.2. The first-order valence-corrected chi connectivity index (χ1v) is 10.2. The highest BCUT2D eigenvalue weighted by Gasteiger charge is 2.41. The molecule has 0 spiro atoms. The monoisotopic (exact) mass is 401 g/mol. The van der Waals surface area contributed by atoms with Gasteiger partial charge in [0.15, 0.2) is 11.5 Å². The molecule has 30 heavy (non-hydrogen) atoms. The van der Waals surface area contributed by atoms with Crippen LogP contribution in [0.1, 0.15) is 47.3 Å². The van der Waals surface area contributed by atoms with Crippen molar-refractivity contribution in [2.45, 2.75) is 25.8 Å². The van der Waals surface area contributed by atoms with Gasteiger partial charge in [-0.2, -0.15) is 0 Å². The van der Waals surface area contributed by atoms with E-state index < -0.39 is 0 Å². The molecule has 0 unspecified atom stereocenters. The van der Waals surface area contributed by atoms with Crippen LogP contribution in [0.3, 0.4) is 0 Å². The van der Waals surface area contributed by atoms with Gasteiger partial charge in [-0.05, 0) is 60.5 Å². The van der Waals surface area contributed by atoms with Crippen molar-refractivity contribution in [2.75, 3.05) is 18.3 Å². The number of ether oxygens (including phenoxy) is 3. The Balaban J connectivity index is 1.62. The lowest BCUT2D eigenvalue weighted by molar-refractivity contribution is 0.0977. The molecule has 2 heterocycles. The van der Waals surface area contributed by atoms with E-state index in [1.54, 1.807) is 0 Å². The fourth-order valence-corrected chi connectivity index (χ4v) is 4.41. The lowest BCUT2D eigenvalue weighted by Gasteiger charge is -2.28. The third-order valence-electron chi connectivity index (χ3n) is 5.79. The Morgan fingerprint density at radius 2 is 1.83 bits per heavy atom. The quantitative estimate of drug-likeness (QED) is 0.594. The second-order valence-corrected chi connectivity index (χ2v) is 7.54. The largest absolute Gasteiger partial charge is 0.494 e. The van der Waals surface area contributed by atoms with Crippen LogP contribution in [0.2, 0.25) is 0 Å². The Hall–Kier alpha value is -3.47. The molecule has 3 aromatic carbocycles. The first kappa shape index (κ1) is 18.6. The smallest absolute Gasteiger partial charge is 0.258 e. The van der Waals surface area contributed by atoms with Crippen molar-refractivity contribution in [3.63, 3.8) is 0 Å². The van der Waals surface area contributed by atoms with Crippen LogP contribution in [0, 0.1) is 0 Å². The van der Waals surface area contributed by atoms with E-state index in [0.29, 0.717) is 12.2 Å². The summed E-state index contributed by atoms with van der Waals surface area (Å²) in [5.41, 5.74) is 3.71. The zero-order valence-electron chi connectivity index (χ0n) is 17.0. The Morgan fingerprint density at radius 1 is 1.03 bits per heavy atom. The maximum absolute atomic E-state index is 13.6. The van der Waals surface area contributed by atoms with Crippen LogP contribution in [0.25, 0.3) is 0 Å². The summed E-state index contributed by atoms with van der Waals surface area (Å²) in [6.45, 7) is 4.95. The van der Waals surface area contributed by atoms with E-state index in [0.717, 1.165) is 34.1 Å². The SMILES string of the molecule is CCOc1ccc2c(c1)[C@H](C)[C@@H](c1ccc3c(c1)OCO3)N2C(=O)c1ccccc1. The van der Waals surface area contributed by atoms with Gasteiger partial charge >= 0.3 is 0 Å². The predicted octanol–water partition coefficient (Wildman–Crippen LogP) is 5.32. The van der Waals surface area contributed by atoms with Gasteiger partial charge in [-0.25, -0.2) is 0 Å². The Bertz CT molecular complexity index is 1100. The lowest BCUT2D eigenvalue weighted by Crippen LogP contribution is -2.33. The average Bonchev–Trinajstić information content (AvgIpc) is 3.36. The third-order valence-corrected chi connectivity index (χ3v) is 5.79. The number of benzene rings is 3. The number of hydrogen-bond acceptors (Lipinski definition) is 4. The summed E-state index contributed by atoms with van der Waals surface area (Å²) in [5, 5.41) is 0. The van der Waals surface area contributed by atoms with Crippen LogP contribution < -0.4 is 19.1 Å². The molecular weight excluding hydrogens is 378 g/mol. The zero-order chi connectivity index (χ0) is 20.7. The van der Waals surface area contributed by atoms with Gasteiger partial charge in [0.05, 0.1) is 12.6 Å². The molecule has 5 nitrogen and oxygen atoms in total. The molecule has 5 rings (SSSR count). The Labute approximate surface area is 175 Å². The Kier molecular flexibility index (Phi) is 4.58. The van der Waals surface area contributed by atoms with E-state index >= 15 is 0 Å². The molecule has 0 bridgehead atoms. The fourth-order valence-electron chi connectivity index (χ4n) is 4.41. The van der Waals surface area contributed by atoms with Crippen molar-refractivity contribution in [3.05, 3.63) is 83.4 Å². The number of rotatable bonds is 4. The van der Waals surface area contributed by atoms with Gasteiger partial charge in [-0.3, -0.25) is 9.69 Å². The number of fused-ring (bicyclic) bond motifs is 2. The van der Waals surface area contributed by atoms with Gasteiger partial charge in [0, 0.05) is 17.2 Å². The van der Waals surface area contributed by atoms with Crippen LogP contribution in [-0.2, 0) is 0 Å². The summed E-state index contributed by atoms with van der Waals surface area (Å²) in [7, 11) is 0. The number of carbonyl (C=O) groups is 1. The van der Waals surface area contributed by atoms with Gasteiger partial charge in [-0.1, -0.05) is 31.2 Å². The minimum atomic E-state index is -0.154. The Morgan fingerprint density at radius 3 is 2.63 bits per heavy atom. The highest BCUT2D eigenvalue weighted by atomic mass is 16.7. The molecule has 0 saturated carbocycles. The summed E-state index contributed by atoms with van der Waals surface area (Å²) in [4.78, 5) is 15.5. The molecule has 3 aromatic rings. The number of hydrogen-bond donors (Lipinski definition) is 0. The third kappa shape index (κ3) is 2.98. The van der Waals surface area contributed by atoms with Crippen LogP contribution in [-0.4, -0.2) is 19.3 Å². The van der Waals surface area contributed by atoms with Crippen molar-refractivity contribution in [2.24, 2.45) is 0 Å². The fraction of sp³-hybridized carbons (Fsp3) is 0.240. The molecule has 0 fully saturated rings. The van der Waals surface area contributed by atoms with Gasteiger partial charge in [0.25, 0.3) is 5.91 Å². The number of amides is 1. The standard InChI is InChI=1S/C25H23NO4/c1-3-28-19-10-11-21-20(14-19)16(2)24(18-9-12-22-23(13-18)30-15-29-22)26(21)25(27)17-7-5-4-6-8-17/h4-14,16,24H,3,15H2,1-2H3/t16-,24-/m0/s1. The molecule has 5 heteroatoms. The van der Waals surface area contributed by atoms with E-state index in [9.17, 15) is 4.79 Å². The summed E-state index contributed by atoms with van der Waals surface area (Å²) in [5.74, 6) is 2.35. The van der Waals surface area contributed by atoms with E-state index in [1.165, 1.54) is 0 Å². The molecule has 0 aromatic heterocycles. The number of nitrogens with zero attached hydrogens (tertiary/aromatic N) is 1. The maximum atomic E-state index is 13.6.